The largest absolute Gasteiger partial charge is 0.370 e. The molecule has 0 aliphatic heterocycles. The summed E-state index contributed by atoms with van der Waals surface area (Å²) in [5.41, 5.74) is 9.34. The number of benzene rings is 1. The predicted octanol–water partition coefficient (Wildman–Crippen LogP) is 4.69. The maximum atomic E-state index is 6.34. The van der Waals surface area contributed by atoms with Crippen molar-refractivity contribution in [1.82, 2.24) is 0 Å². The molecule has 0 radical (unpaired) electrons. The summed E-state index contributed by atoms with van der Waals surface area (Å²) in [7, 11) is 2.07. The maximum absolute atomic E-state index is 6.34. The third kappa shape index (κ3) is 4.22. The summed E-state index contributed by atoms with van der Waals surface area (Å²) in [5.74, 6) is 0. The first-order valence-corrected chi connectivity index (χ1v) is 8.49. The summed E-state index contributed by atoms with van der Waals surface area (Å²) in [6.07, 6.45) is 0.806. The Morgan fingerprint density at radius 3 is 2.70 bits per heavy atom. The van der Waals surface area contributed by atoms with Crippen molar-refractivity contribution in [2.45, 2.75) is 25.9 Å². The summed E-state index contributed by atoms with van der Waals surface area (Å²) in [6, 6.07) is 8.46. The molecular formula is C15H18BrClN2S. The number of nitrogens with zero attached hydrogens (tertiary/aromatic N) is 1. The molecule has 2 nitrogen and oxygen atoms in total. The fourth-order valence-corrected chi connectivity index (χ4v) is 3.53. The van der Waals surface area contributed by atoms with Gasteiger partial charge in [0, 0.05) is 30.3 Å². The Morgan fingerprint density at radius 1 is 1.40 bits per heavy atom. The molecule has 2 aromatic rings. The van der Waals surface area contributed by atoms with Crippen molar-refractivity contribution in [2.24, 2.45) is 5.73 Å². The molecule has 2 rings (SSSR count). The van der Waals surface area contributed by atoms with Crippen molar-refractivity contribution in [3.8, 4) is 0 Å². The van der Waals surface area contributed by atoms with Crippen LogP contribution in [0.5, 0.6) is 0 Å². The Kier molecular flexibility index (Phi) is 5.49. The highest BCUT2D eigenvalue weighted by atomic mass is 79.9. The lowest BCUT2D eigenvalue weighted by molar-refractivity contribution is 0.738. The van der Waals surface area contributed by atoms with E-state index in [4.69, 9.17) is 17.3 Å². The standard InChI is InChI=1S/C15H18BrClN2S/c1-10(18)5-12-3-4-13(7-14(12)17)19(2)8-11-6-15(16)20-9-11/h3-4,6-7,9-10H,5,8,18H2,1-2H3. The van der Waals surface area contributed by atoms with Crippen LogP contribution in [-0.4, -0.2) is 13.1 Å². The van der Waals surface area contributed by atoms with Gasteiger partial charge >= 0.3 is 0 Å². The third-order valence-corrected chi connectivity index (χ3v) is 4.97. The number of nitrogens with two attached hydrogens (primary N) is 1. The summed E-state index contributed by atoms with van der Waals surface area (Å²) in [4.78, 5) is 2.19. The minimum atomic E-state index is 0.124. The van der Waals surface area contributed by atoms with Gasteiger partial charge in [0.1, 0.15) is 0 Å². The number of anilines is 1. The van der Waals surface area contributed by atoms with Gasteiger partial charge in [-0.2, -0.15) is 0 Å². The second-order valence-corrected chi connectivity index (χ2v) is 7.77. The second kappa shape index (κ2) is 6.94. The Bertz CT molecular complexity index is 583. The van der Waals surface area contributed by atoms with Crippen LogP contribution in [-0.2, 0) is 13.0 Å². The molecule has 1 heterocycles. The van der Waals surface area contributed by atoms with Crippen molar-refractivity contribution in [3.05, 3.63) is 49.6 Å². The number of halogens is 2. The van der Waals surface area contributed by atoms with Crippen LogP contribution in [0.15, 0.2) is 33.4 Å². The fraction of sp³-hybridized carbons (Fsp3) is 0.333. The van der Waals surface area contributed by atoms with Gasteiger partial charge in [-0.3, -0.25) is 0 Å². The van der Waals surface area contributed by atoms with Crippen LogP contribution in [0.4, 0.5) is 5.69 Å². The molecule has 0 spiro atoms. The van der Waals surface area contributed by atoms with Crippen molar-refractivity contribution in [3.63, 3.8) is 0 Å². The SMILES string of the molecule is CC(N)Cc1ccc(N(C)Cc2csc(Br)c2)cc1Cl. The Balaban J connectivity index is 2.10. The number of rotatable bonds is 5. The summed E-state index contributed by atoms with van der Waals surface area (Å²) < 4.78 is 1.16. The molecule has 0 aliphatic rings. The van der Waals surface area contributed by atoms with E-state index >= 15 is 0 Å². The summed E-state index contributed by atoms with van der Waals surface area (Å²) >= 11 is 11.5. The Labute approximate surface area is 137 Å². The molecule has 1 aromatic carbocycles. The maximum Gasteiger partial charge on any atom is 0.0701 e. The van der Waals surface area contributed by atoms with Crippen LogP contribution in [0.25, 0.3) is 0 Å². The average molecular weight is 374 g/mol. The van der Waals surface area contributed by atoms with Crippen molar-refractivity contribution >= 4 is 44.6 Å². The smallest absolute Gasteiger partial charge is 0.0701 e. The molecule has 20 heavy (non-hydrogen) atoms. The molecule has 1 atom stereocenters. The molecule has 1 unspecified atom stereocenters. The lowest BCUT2D eigenvalue weighted by Gasteiger charge is -2.20. The first-order chi connectivity index (χ1) is 9.45. The predicted molar refractivity (Wildman–Crippen MR) is 92.9 cm³/mol. The van der Waals surface area contributed by atoms with Crippen LogP contribution in [0.1, 0.15) is 18.1 Å². The van der Waals surface area contributed by atoms with Gasteiger partial charge in [0.2, 0.25) is 0 Å². The first-order valence-electron chi connectivity index (χ1n) is 6.43. The van der Waals surface area contributed by atoms with E-state index in [1.165, 1.54) is 5.56 Å². The Hall–Kier alpha value is -0.550. The quantitative estimate of drug-likeness (QED) is 0.823. The van der Waals surface area contributed by atoms with E-state index in [0.717, 1.165) is 33.0 Å². The van der Waals surface area contributed by atoms with Crippen LogP contribution < -0.4 is 10.6 Å². The normalized spacial score (nSPS) is 12.4. The highest BCUT2D eigenvalue weighted by Gasteiger charge is 2.08. The molecule has 108 valence electrons. The van der Waals surface area contributed by atoms with Crippen molar-refractivity contribution in [1.29, 1.82) is 0 Å². The second-order valence-electron chi connectivity index (χ2n) is 5.07. The van der Waals surface area contributed by atoms with Crippen LogP contribution in [0.2, 0.25) is 5.02 Å². The molecule has 0 bridgehead atoms. The molecule has 0 fully saturated rings. The lowest BCUT2D eigenvalue weighted by Crippen LogP contribution is -2.19. The van der Waals surface area contributed by atoms with E-state index in [1.807, 2.05) is 13.0 Å². The monoisotopic (exact) mass is 372 g/mol. The minimum Gasteiger partial charge on any atom is -0.370 e. The third-order valence-electron chi connectivity index (χ3n) is 3.06. The number of hydrogen-bond donors (Lipinski definition) is 1. The van der Waals surface area contributed by atoms with E-state index < -0.39 is 0 Å². The van der Waals surface area contributed by atoms with Gasteiger partial charge in [0.15, 0.2) is 0 Å². The molecular weight excluding hydrogens is 356 g/mol. The Morgan fingerprint density at radius 2 is 2.15 bits per heavy atom. The van der Waals surface area contributed by atoms with Gasteiger partial charge in [-0.15, -0.1) is 11.3 Å². The zero-order chi connectivity index (χ0) is 14.7. The molecule has 0 aliphatic carbocycles. The van der Waals surface area contributed by atoms with Crippen LogP contribution in [0, 0.1) is 0 Å². The fourth-order valence-electron chi connectivity index (χ4n) is 2.08. The van der Waals surface area contributed by atoms with E-state index in [9.17, 15) is 0 Å². The van der Waals surface area contributed by atoms with Crippen LogP contribution >= 0.6 is 38.9 Å². The molecule has 2 N–H and O–H groups in total. The van der Waals surface area contributed by atoms with E-state index in [-0.39, 0.29) is 6.04 Å². The van der Waals surface area contributed by atoms with Gasteiger partial charge in [0.05, 0.1) is 3.79 Å². The highest BCUT2D eigenvalue weighted by Crippen LogP contribution is 2.27. The van der Waals surface area contributed by atoms with Gasteiger partial charge in [-0.1, -0.05) is 17.7 Å². The number of thiophene rings is 1. The molecule has 0 amide bonds. The number of hydrogen-bond acceptors (Lipinski definition) is 3. The highest BCUT2D eigenvalue weighted by molar-refractivity contribution is 9.11. The zero-order valence-corrected chi connectivity index (χ0v) is 14.7. The van der Waals surface area contributed by atoms with E-state index in [2.05, 4.69) is 51.5 Å². The average Bonchev–Trinajstić information content (AvgIpc) is 2.76. The van der Waals surface area contributed by atoms with Crippen molar-refractivity contribution < 1.29 is 0 Å². The van der Waals surface area contributed by atoms with Crippen molar-refractivity contribution in [2.75, 3.05) is 11.9 Å². The first kappa shape index (κ1) is 15.8. The molecule has 5 heteroatoms. The summed E-state index contributed by atoms with van der Waals surface area (Å²) in [5, 5.41) is 2.95. The molecule has 0 saturated carbocycles. The van der Waals surface area contributed by atoms with Gasteiger partial charge in [-0.25, -0.2) is 0 Å². The molecule has 1 aromatic heterocycles. The summed E-state index contributed by atoms with van der Waals surface area (Å²) in [6.45, 7) is 2.86. The zero-order valence-electron chi connectivity index (χ0n) is 11.6. The van der Waals surface area contributed by atoms with Gasteiger partial charge < -0.3 is 10.6 Å². The van der Waals surface area contributed by atoms with Gasteiger partial charge in [0.25, 0.3) is 0 Å². The minimum absolute atomic E-state index is 0.124. The molecule has 0 saturated heterocycles. The van der Waals surface area contributed by atoms with E-state index in [1.54, 1.807) is 11.3 Å². The van der Waals surface area contributed by atoms with Crippen LogP contribution in [0.3, 0.4) is 0 Å². The lowest BCUT2D eigenvalue weighted by atomic mass is 10.1. The topological polar surface area (TPSA) is 29.3 Å². The van der Waals surface area contributed by atoms with E-state index in [0.29, 0.717) is 0 Å². The van der Waals surface area contributed by atoms with Gasteiger partial charge in [-0.05, 0) is 64.0 Å².